The molecule has 5 atom stereocenters. The van der Waals surface area contributed by atoms with Gasteiger partial charge in [0.1, 0.15) is 12.2 Å². The standard InChI is InChI=1S/C6H7NO6/c8-1-3-4(12-5(1)7-11)2(9)6(10)13-3/h1-5,8-9H. The first-order valence-corrected chi connectivity index (χ1v) is 3.69. The zero-order chi connectivity index (χ0) is 9.59. The van der Waals surface area contributed by atoms with Crippen molar-refractivity contribution in [1.29, 1.82) is 0 Å². The maximum atomic E-state index is 10.8. The highest BCUT2D eigenvalue weighted by molar-refractivity contribution is 5.78. The molecule has 0 spiro atoms. The molecule has 0 radical (unpaired) electrons. The summed E-state index contributed by atoms with van der Waals surface area (Å²) in [6, 6.07) is 0. The van der Waals surface area contributed by atoms with Crippen molar-refractivity contribution in [3.8, 4) is 0 Å². The summed E-state index contributed by atoms with van der Waals surface area (Å²) in [7, 11) is 0. The van der Waals surface area contributed by atoms with E-state index in [9.17, 15) is 14.8 Å². The molecule has 72 valence electrons. The van der Waals surface area contributed by atoms with E-state index in [2.05, 4.69) is 9.91 Å². The van der Waals surface area contributed by atoms with Crippen molar-refractivity contribution in [1.82, 2.24) is 0 Å². The summed E-state index contributed by atoms with van der Waals surface area (Å²) in [6.45, 7) is 0. The quantitative estimate of drug-likeness (QED) is 0.369. The molecule has 0 aliphatic carbocycles. The lowest BCUT2D eigenvalue weighted by Crippen LogP contribution is -2.31. The molecule has 2 aliphatic heterocycles. The third-order valence-electron chi connectivity index (χ3n) is 2.16. The Kier molecular flexibility index (Phi) is 1.79. The number of carbonyl (C=O) groups is 1. The van der Waals surface area contributed by atoms with Gasteiger partial charge in [0, 0.05) is 0 Å². The predicted octanol–water partition coefficient (Wildman–Crippen LogP) is -1.88. The van der Waals surface area contributed by atoms with Gasteiger partial charge < -0.3 is 19.7 Å². The second kappa shape index (κ2) is 2.72. The molecule has 0 aromatic heterocycles. The normalized spacial score (nSPS) is 48.8. The number of aliphatic hydroxyl groups is 2. The van der Waals surface area contributed by atoms with Gasteiger partial charge in [-0.15, -0.1) is 4.91 Å². The molecule has 2 fully saturated rings. The van der Waals surface area contributed by atoms with E-state index < -0.39 is 36.6 Å². The highest BCUT2D eigenvalue weighted by Crippen LogP contribution is 2.32. The van der Waals surface area contributed by atoms with Crippen molar-refractivity contribution in [2.24, 2.45) is 5.18 Å². The van der Waals surface area contributed by atoms with Crippen LogP contribution in [0.2, 0.25) is 0 Å². The topological polar surface area (TPSA) is 105 Å². The predicted molar refractivity (Wildman–Crippen MR) is 36.3 cm³/mol. The maximum absolute atomic E-state index is 10.8. The van der Waals surface area contributed by atoms with Crippen LogP contribution in [0, 0.1) is 4.91 Å². The average Bonchev–Trinajstić information content (AvgIpc) is 2.56. The van der Waals surface area contributed by atoms with Gasteiger partial charge in [0.2, 0.25) is 6.23 Å². The fraction of sp³-hybridized carbons (Fsp3) is 0.833. The summed E-state index contributed by atoms with van der Waals surface area (Å²) in [4.78, 5) is 20.8. The molecule has 2 heterocycles. The molecule has 2 rings (SSSR count). The molecule has 0 aromatic carbocycles. The van der Waals surface area contributed by atoms with Gasteiger partial charge in [-0.25, -0.2) is 4.79 Å². The SMILES string of the molecule is O=NC1OC2C(O)C(=O)OC2C1O. The molecule has 2 N–H and O–H groups in total. The van der Waals surface area contributed by atoms with Crippen LogP contribution in [-0.2, 0) is 14.3 Å². The highest BCUT2D eigenvalue weighted by atomic mass is 16.6. The Morgan fingerprint density at radius 1 is 1.31 bits per heavy atom. The third kappa shape index (κ3) is 1.05. The molecule has 5 unspecified atom stereocenters. The third-order valence-corrected chi connectivity index (χ3v) is 2.16. The van der Waals surface area contributed by atoms with Gasteiger partial charge >= 0.3 is 5.97 Å². The number of rotatable bonds is 1. The second-order valence-electron chi connectivity index (χ2n) is 2.93. The van der Waals surface area contributed by atoms with Crippen molar-refractivity contribution in [3.63, 3.8) is 0 Å². The number of hydrogen-bond donors (Lipinski definition) is 2. The van der Waals surface area contributed by atoms with Crippen LogP contribution >= 0.6 is 0 Å². The monoisotopic (exact) mass is 189 g/mol. The largest absolute Gasteiger partial charge is 0.455 e. The Bertz CT molecular complexity index is 256. The van der Waals surface area contributed by atoms with E-state index in [0.717, 1.165) is 0 Å². The van der Waals surface area contributed by atoms with Gasteiger partial charge in [0.15, 0.2) is 12.2 Å². The summed E-state index contributed by atoms with van der Waals surface area (Å²) in [5.74, 6) is -0.849. The molecule has 2 saturated heterocycles. The lowest BCUT2D eigenvalue weighted by molar-refractivity contribution is -0.152. The van der Waals surface area contributed by atoms with Gasteiger partial charge in [-0.05, 0) is 5.18 Å². The van der Waals surface area contributed by atoms with Crippen LogP contribution in [0.3, 0.4) is 0 Å². The first kappa shape index (κ1) is 8.54. The van der Waals surface area contributed by atoms with Gasteiger partial charge in [-0.2, -0.15) is 0 Å². The fourth-order valence-corrected chi connectivity index (χ4v) is 1.49. The fourth-order valence-electron chi connectivity index (χ4n) is 1.49. The molecule has 2 aliphatic rings. The average molecular weight is 189 g/mol. The van der Waals surface area contributed by atoms with Crippen LogP contribution in [0.5, 0.6) is 0 Å². The second-order valence-corrected chi connectivity index (χ2v) is 2.93. The van der Waals surface area contributed by atoms with E-state index in [1.807, 2.05) is 0 Å². The summed E-state index contributed by atoms with van der Waals surface area (Å²) >= 11 is 0. The van der Waals surface area contributed by atoms with E-state index in [-0.39, 0.29) is 0 Å². The smallest absolute Gasteiger partial charge is 0.338 e. The number of carbonyl (C=O) groups excluding carboxylic acids is 1. The van der Waals surface area contributed by atoms with Crippen LogP contribution in [-0.4, -0.2) is 46.8 Å². The maximum Gasteiger partial charge on any atom is 0.338 e. The minimum absolute atomic E-state index is 0.849. The molecule has 7 nitrogen and oxygen atoms in total. The summed E-state index contributed by atoms with van der Waals surface area (Å²) < 4.78 is 9.38. The molecule has 13 heavy (non-hydrogen) atoms. The molecule has 0 amide bonds. The molecular formula is C6H7NO6. The number of nitroso groups, excluding NO2 is 1. The van der Waals surface area contributed by atoms with Gasteiger partial charge in [0.25, 0.3) is 0 Å². The van der Waals surface area contributed by atoms with Crippen molar-refractivity contribution in [2.75, 3.05) is 0 Å². The lowest BCUT2D eigenvalue weighted by Gasteiger charge is -2.09. The van der Waals surface area contributed by atoms with E-state index in [1.165, 1.54) is 0 Å². The number of esters is 1. The number of ether oxygens (including phenoxy) is 2. The highest BCUT2D eigenvalue weighted by Gasteiger charge is 2.57. The molecule has 0 bridgehead atoms. The van der Waals surface area contributed by atoms with Crippen molar-refractivity contribution >= 4 is 5.97 Å². The van der Waals surface area contributed by atoms with Crippen LogP contribution in [0.25, 0.3) is 0 Å². The summed E-state index contributed by atoms with van der Waals surface area (Å²) in [5.41, 5.74) is 0. The van der Waals surface area contributed by atoms with E-state index in [0.29, 0.717) is 0 Å². The molecular weight excluding hydrogens is 182 g/mol. The van der Waals surface area contributed by atoms with Crippen molar-refractivity contribution < 1.29 is 24.5 Å². The Labute approximate surface area is 72.2 Å². The molecule has 0 saturated carbocycles. The Balaban J connectivity index is 2.19. The zero-order valence-corrected chi connectivity index (χ0v) is 6.36. The van der Waals surface area contributed by atoms with Crippen molar-refractivity contribution in [3.05, 3.63) is 4.91 Å². The van der Waals surface area contributed by atoms with Crippen LogP contribution in [0.4, 0.5) is 0 Å². The number of hydrogen-bond acceptors (Lipinski definition) is 7. The van der Waals surface area contributed by atoms with E-state index >= 15 is 0 Å². The van der Waals surface area contributed by atoms with Crippen LogP contribution in [0.1, 0.15) is 0 Å². The minimum Gasteiger partial charge on any atom is -0.455 e. The van der Waals surface area contributed by atoms with E-state index in [1.54, 1.807) is 0 Å². The Morgan fingerprint density at radius 2 is 2.00 bits per heavy atom. The van der Waals surface area contributed by atoms with Gasteiger partial charge in [-0.1, -0.05) is 0 Å². The van der Waals surface area contributed by atoms with Gasteiger partial charge in [0.05, 0.1) is 0 Å². The number of fused-ring (bicyclic) bond motifs is 1. The minimum atomic E-state index is -1.44. The first-order chi connectivity index (χ1) is 6.15. The zero-order valence-electron chi connectivity index (χ0n) is 6.36. The molecule has 7 heteroatoms. The molecule has 0 aromatic rings. The van der Waals surface area contributed by atoms with E-state index in [4.69, 9.17) is 9.84 Å². The Hall–Kier alpha value is -1.05. The number of nitrogens with zero attached hydrogens (tertiary/aromatic N) is 1. The first-order valence-electron chi connectivity index (χ1n) is 3.69. The lowest BCUT2D eigenvalue weighted by atomic mass is 10.1. The number of aliphatic hydroxyl groups excluding tert-OH is 2. The Morgan fingerprint density at radius 3 is 2.54 bits per heavy atom. The summed E-state index contributed by atoms with van der Waals surface area (Å²) in [5, 5.41) is 20.9. The van der Waals surface area contributed by atoms with Gasteiger partial charge in [-0.3, -0.25) is 0 Å². The van der Waals surface area contributed by atoms with Crippen molar-refractivity contribution in [2.45, 2.75) is 30.6 Å². The van der Waals surface area contributed by atoms with Crippen LogP contribution in [0.15, 0.2) is 5.18 Å². The van der Waals surface area contributed by atoms with Crippen LogP contribution < -0.4 is 0 Å². The summed E-state index contributed by atoms with van der Waals surface area (Å²) in [6.07, 6.45) is -5.96.